The number of ether oxygens (including phenoxy) is 1. The molecule has 0 saturated carbocycles. The number of hydrogen-bond acceptors (Lipinski definition) is 5. The van der Waals surface area contributed by atoms with E-state index in [0.717, 1.165) is 4.90 Å². The van der Waals surface area contributed by atoms with Gasteiger partial charge in [0.1, 0.15) is 12.4 Å². The molecule has 0 spiro atoms. The number of halogens is 1. The van der Waals surface area contributed by atoms with Crippen LogP contribution in [0.3, 0.4) is 0 Å². The second-order valence-corrected chi connectivity index (χ2v) is 5.85. The highest BCUT2D eigenvalue weighted by atomic mass is 32.2. The molecule has 0 aromatic heterocycles. The van der Waals surface area contributed by atoms with Crippen molar-refractivity contribution in [2.24, 2.45) is 0 Å². The molecular formula is C15H14FNO4S. The number of imide groups is 1. The first-order valence-corrected chi connectivity index (χ1v) is 7.39. The first kappa shape index (κ1) is 16.2. The Hall–Kier alpha value is -2.15. The summed E-state index contributed by atoms with van der Waals surface area (Å²) in [6, 6.07) is 5.65. The zero-order valence-electron chi connectivity index (χ0n) is 12.0. The van der Waals surface area contributed by atoms with Gasteiger partial charge < -0.3 is 4.74 Å². The Morgan fingerprint density at radius 3 is 2.77 bits per heavy atom. The molecule has 116 valence electrons. The lowest BCUT2D eigenvalue weighted by Gasteiger charge is -2.13. The van der Waals surface area contributed by atoms with Gasteiger partial charge in [0.05, 0.1) is 11.0 Å². The summed E-state index contributed by atoms with van der Waals surface area (Å²) >= 11 is 0.712. The molecule has 0 radical (unpaired) electrons. The number of amides is 2. The predicted molar refractivity (Wildman–Crippen MR) is 80.3 cm³/mol. The highest BCUT2D eigenvalue weighted by molar-refractivity contribution is 8.18. The molecule has 1 aliphatic heterocycles. The quantitative estimate of drug-likeness (QED) is 0.630. The highest BCUT2D eigenvalue weighted by Crippen LogP contribution is 2.32. The lowest BCUT2D eigenvalue weighted by molar-refractivity contribution is -0.149. The number of carbonyl (C=O) groups excluding carboxylic acids is 3. The summed E-state index contributed by atoms with van der Waals surface area (Å²) in [6.45, 7) is 2.93. The normalized spacial score (nSPS) is 16.7. The molecule has 1 aliphatic rings. The van der Waals surface area contributed by atoms with Gasteiger partial charge in [0.25, 0.3) is 11.1 Å². The van der Waals surface area contributed by atoms with Crippen LogP contribution in [0.15, 0.2) is 29.2 Å². The van der Waals surface area contributed by atoms with Crippen molar-refractivity contribution >= 4 is 35.0 Å². The highest BCUT2D eigenvalue weighted by Gasteiger charge is 2.36. The molecule has 2 rings (SSSR count). The zero-order chi connectivity index (χ0) is 16.3. The van der Waals surface area contributed by atoms with Crippen molar-refractivity contribution in [2.45, 2.75) is 20.0 Å². The fourth-order valence-electron chi connectivity index (χ4n) is 1.81. The molecule has 1 saturated heterocycles. The summed E-state index contributed by atoms with van der Waals surface area (Å²) in [5.74, 6) is -1.67. The topological polar surface area (TPSA) is 63.7 Å². The van der Waals surface area contributed by atoms with Gasteiger partial charge in [0.15, 0.2) is 0 Å². The lowest BCUT2D eigenvalue weighted by Crippen LogP contribution is -2.35. The molecule has 0 atom stereocenters. The van der Waals surface area contributed by atoms with Crippen molar-refractivity contribution in [1.82, 2.24) is 4.90 Å². The van der Waals surface area contributed by atoms with Gasteiger partial charge in [0.2, 0.25) is 0 Å². The first-order valence-electron chi connectivity index (χ1n) is 6.57. The SMILES string of the molecule is CC(C)OC(=O)CN1C(=O)S/C(=C/c2cccc(F)c2)C1=O. The number of thioether (sulfide) groups is 1. The van der Waals surface area contributed by atoms with Crippen LogP contribution in [0.25, 0.3) is 6.08 Å². The Labute approximate surface area is 131 Å². The molecule has 1 aromatic carbocycles. The maximum Gasteiger partial charge on any atom is 0.326 e. The number of esters is 1. The Bertz CT molecular complexity index is 657. The van der Waals surface area contributed by atoms with Crippen LogP contribution in [0.5, 0.6) is 0 Å². The average Bonchev–Trinajstić information content (AvgIpc) is 2.66. The maximum atomic E-state index is 13.1. The first-order chi connectivity index (χ1) is 10.4. The molecular weight excluding hydrogens is 309 g/mol. The van der Waals surface area contributed by atoms with Crippen LogP contribution in [-0.4, -0.2) is 34.7 Å². The number of benzene rings is 1. The lowest BCUT2D eigenvalue weighted by atomic mass is 10.2. The summed E-state index contributed by atoms with van der Waals surface area (Å²) < 4.78 is 18.0. The van der Waals surface area contributed by atoms with Crippen molar-refractivity contribution in [2.75, 3.05) is 6.54 Å². The average molecular weight is 323 g/mol. The monoisotopic (exact) mass is 323 g/mol. The Kier molecular flexibility index (Phi) is 4.97. The van der Waals surface area contributed by atoms with Gasteiger partial charge in [-0.25, -0.2) is 4.39 Å². The standard InChI is InChI=1S/C15H14FNO4S/c1-9(2)21-13(18)8-17-14(19)12(22-15(17)20)7-10-4-3-5-11(16)6-10/h3-7,9H,8H2,1-2H3/b12-7+. The van der Waals surface area contributed by atoms with Gasteiger partial charge in [-0.2, -0.15) is 0 Å². The summed E-state index contributed by atoms with van der Waals surface area (Å²) in [5.41, 5.74) is 0.468. The summed E-state index contributed by atoms with van der Waals surface area (Å²) in [6.07, 6.45) is 1.09. The number of carbonyl (C=O) groups is 3. The molecule has 0 aliphatic carbocycles. The van der Waals surface area contributed by atoms with Crippen LogP contribution < -0.4 is 0 Å². The zero-order valence-corrected chi connectivity index (χ0v) is 12.9. The third-order valence-corrected chi connectivity index (χ3v) is 3.58. The molecule has 7 heteroatoms. The molecule has 5 nitrogen and oxygen atoms in total. The molecule has 0 N–H and O–H groups in total. The molecule has 1 heterocycles. The van der Waals surface area contributed by atoms with E-state index in [1.807, 2.05) is 0 Å². The van der Waals surface area contributed by atoms with Gasteiger partial charge in [-0.15, -0.1) is 0 Å². The van der Waals surface area contributed by atoms with Gasteiger partial charge >= 0.3 is 5.97 Å². The van der Waals surface area contributed by atoms with Crippen molar-refractivity contribution in [1.29, 1.82) is 0 Å². The van der Waals surface area contributed by atoms with E-state index in [9.17, 15) is 18.8 Å². The van der Waals surface area contributed by atoms with Crippen LogP contribution in [0.4, 0.5) is 9.18 Å². The van der Waals surface area contributed by atoms with Gasteiger partial charge in [-0.3, -0.25) is 19.3 Å². The Morgan fingerprint density at radius 1 is 1.41 bits per heavy atom. The van der Waals surface area contributed by atoms with E-state index >= 15 is 0 Å². The minimum Gasteiger partial charge on any atom is -0.462 e. The van der Waals surface area contributed by atoms with Crippen LogP contribution in [0.2, 0.25) is 0 Å². The minimum atomic E-state index is -0.649. The third kappa shape index (κ3) is 3.94. The van der Waals surface area contributed by atoms with Gasteiger partial charge in [-0.05, 0) is 49.4 Å². The van der Waals surface area contributed by atoms with Crippen molar-refractivity contribution in [3.63, 3.8) is 0 Å². The molecule has 1 fully saturated rings. The van der Waals surface area contributed by atoms with Crippen molar-refractivity contribution in [3.05, 3.63) is 40.6 Å². The largest absolute Gasteiger partial charge is 0.462 e. The second kappa shape index (κ2) is 6.74. The van der Waals surface area contributed by atoms with Crippen LogP contribution >= 0.6 is 11.8 Å². The summed E-state index contributed by atoms with van der Waals surface area (Å²) in [7, 11) is 0. The van der Waals surface area contributed by atoms with E-state index in [0.29, 0.717) is 17.3 Å². The summed E-state index contributed by atoms with van der Waals surface area (Å²) in [5, 5.41) is -0.548. The molecule has 1 aromatic rings. The number of rotatable bonds is 4. The molecule has 0 unspecified atom stereocenters. The fourth-order valence-corrected chi connectivity index (χ4v) is 2.65. The minimum absolute atomic E-state index is 0.146. The van der Waals surface area contributed by atoms with Crippen molar-refractivity contribution in [3.8, 4) is 0 Å². The smallest absolute Gasteiger partial charge is 0.326 e. The van der Waals surface area contributed by atoms with E-state index < -0.39 is 29.5 Å². The van der Waals surface area contributed by atoms with E-state index in [1.54, 1.807) is 19.9 Å². The van der Waals surface area contributed by atoms with Crippen LogP contribution in [-0.2, 0) is 14.3 Å². The molecule has 0 bridgehead atoms. The van der Waals surface area contributed by atoms with Gasteiger partial charge in [-0.1, -0.05) is 12.1 Å². The Balaban J connectivity index is 2.13. The van der Waals surface area contributed by atoms with Crippen molar-refractivity contribution < 1.29 is 23.5 Å². The van der Waals surface area contributed by atoms with E-state index in [-0.39, 0.29) is 11.0 Å². The van der Waals surface area contributed by atoms with Crippen LogP contribution in [0, 0.1) is 5.82 Å². The molecule has 2 amide bonds. The van der Waals surface area contributed by atoms with Crippen LogP contribution in [0.1, 0.15) is 19.4 Å². The van der Waals surface area contributed by atoms with E-state index in [2.05, 4.69) is 0 Å². The van der Waals surface area contributed by atoms with E-state index in [1.165, 1.54) is 24.3 Å². The van der Waals surface area contributed by atoms with Gasteiger partial charge in [0, 0.05) is 0 Å². The Morgan fingerprint density at radius 2 is 2.14 bits per heavy atom. The second-order valence-electron chi connectivity index (χ2n) is 4.86. The third-order valence-electron chi connectivity index (χ3n) is 2.67. The molecule has 22 heavy (non-hydrogen) atoms. The maximum absolute atomic E-state index is 13.1. The fraction of sp³-hybridized carbons (Fsp3) is 0.267. The number of hydrogen-bond donors (Lipinski definition) is 0. The number of nitrogens with zero attached hydrogens (tertiary/aromatic N) is 1. The predicted octanol–water partition coefficient (Wildman–Crippen LogP) is 2.81. The van der Waals surface area contributed by atoms with E-state index in [4.69, 9.17) is 4.74 Å². The summed E-state index contributed by atoms with van der Waals surface area (Å²) in [4.78, 5) is 36.5.